The van der Waals surface area contributed by atoms with Crippen LogP contribution >= 0.6 is 0 Å². The number of aryl methyl sites for hydroxylation is 1. The van der Waals surface area contributed by atoms with E-state index in [0.717, 1.165) is 5.56 Å². The standard InChI is InChI=1S/C20H26N2O6S/c1-15-7-9-17(10-8-15)29(25,26)22-12-11-21-13-16(23)14-28-19-6-4-3-5-18(19)20(24)27-2/h3-10,16,21-23H,11-14H2,1-2H3. The van der Waals surface area contributed by atoms with Crippen molar-refractivity contribution in [1.82, 2.24) is 10.0 Å². The third kappa shape index (κ3) is 7.13. The average molecular weight is 423 g/mol. The lowest BCUT2D eigenvalue weighted by atomic mass is 10.2. The van der Waals surface area contributed by atoms with E-state index in [0.29, 0.717) is 12.3 Å². The van der Waals surface area contributed by atoms with Crippen molar-refractivity contribution in [2.24, 2.45) is 0 Å². The number of hydrogen-bond acceptors (Lipinski definition) is 7. The number of sulfonamides is 1. The number of benzene rings is 2. The second kappa shape index (κ2) is 10.9. The van der Waals surface area contributed by atoms with Gasteiger partial charge in [-0.2, -0.15) is 0 Å². The molecular formula is C20H26N2O6S. The molecule has 0 saturated heterocycles. The molecule has 1 atom stereocenters. The zero-order valence-electron chi connectivity index (χ0n) is 16.4. The molecule has 0 bridgehead atoms. The second-order valence-corrected chi connectivity index (χ2v) is 8.13. The summed E-state index contributed by atoms with van der Waals surface area (Å²) < 4.78 is 37.0. The molecule has 0 spiro atoms. The second-order valence-electron chi connectivity index (χ2n) is 6.37. The summed E-state index contributed by atoms with van der Waals surface area (Å²) in [6.07, 6.45) is -0.839. The van der Waals surface area contributed by atoms with E-state index < -0.39 is 22.1 Å². The maximum atomic E-state index is 12.2. The van der Waals surface area contributed by atoms with Crippen LogP contribution in [-0.4, -0.2) is 58.9 Å². The smallest absolute Gasteiger partial charge is 0.341 e. The first-order valence-corrected chi connectivity index (χ1v) is 10.6. The van der Waals surface area contributed by atoms with Gasteiger partial charge in [0, 0.05) is 19.6 Å². The minimum absolute atomic E-state index is 0.0316. The number of esters is 1. The number of para-hydroxylation sites is 1. The summed E-state index contributed by atoms with van der Waals surface area (Å²) >= 11 is 0. The average Bonchev–Trinajstić information content (AvgIpc) is 2.72. The number of rotatable bonds is 11. The van der Waals surface area contributed by atoms with Crippen molar-refractivity contribution < 1.29 is 27.8 Å². The molecule has 0 radical (unpaired) electrons. The predicted molar refractivity (Wildman–Crippen MR) is 109 cm³/mol. The summed E-state index contributed by atoms with van der Waals surface area (Å²) in [4.78, 5) is 11.9. The Balaban J connectivity index is 1.71. The van der Waals surface area contributed by atoms with Crippen LogP contribution in [0.2, 0.25) is 0 Å². The van der Waals surface area contributed by atoms with Crippen molar-refractivity contribution in [3.05, 3.63) is 59.7 Å². The molecule has 3 N–H and O–H groups in total. The van der Waals surface area contributed by atoms with Crippen LogP contribution in [-0.2, 0) is 14.8 Å². The van der Waals surface area contributed by atoms with Gasteiger partial charge in [0.15, 0.2) is 0 Å². The van der Waals surface area contributed by atoms with Gasteiger partial charge in [-0.05, 0) is 31.2 Å². The van der Waals surface area contributed by atoms with Crippen LogP contribution in [0, 0.1) is 6.92 Å². The summed E-state index contributed by atoms with van der Waals surface area (Å²) in [6.45, 7) is 2.56. The fourth-order valence-electron chi connectivity index (χ4n) is 2.46. The minimum atomic E-state index is -3.56. The first kappa shape index (κ1) is 22.8. The molecule has 0 fully saturated rings. The summed E-state index contributed by atoms with van der Waals surface area (Å²) in [5.74, 6) is -0.196. The van der Waals surface area contributed by atoms with Crippen LogP contribution in [0.4, 0.5) is 0 Å². The van der Waals surface area contributed by atoms with Gasteiger partial charge in [0.2, 0.25) is 10.0 Å². The highest BCUT2D eigenvalue weighted by Gasteiger charge is 2.14. The first-order valence-electron chi connectivity index (χ1n) is 9.08. The number of methoxy groups -OCH3 is 1. The van der Waals surface area contributed by atoms with E-state index >= 15 is 0 Å². The quantitative estimate of drug-likeness (QED) is 0.367. The Labute approximate surface area is 170 Å². The van der Waals surface area contributed by atoms with Gasteiger partial charge in [-0.3, -0.25) is 0 Å². The maximum absolute atomic E-state index is 12.2. The van der Waals surface area contributed by atoms with Crippen LogP contribution < -0.4 is 14.8 Å². The van der Waals surface area contributed by atoms with Gasteiger partial charge in [0.1, 0.15) is 24.0 Å². The molecule has 8 nitrogen and oxygen atoms in total. The molecular weight excluding hydrogens is 396 g/mol. The Morgan fingerprint density at radius 1 is 1.10 bits per heavy atom. The number of nitrogens with one attached hydrogen (secondary N) is 2. The van der Waals surface area contributed by atoms with Crippen molar-refractivity contribution in [1.29, 1.82) is 0 Å². The third-order valence-electron chi connectivity index (χ3n) is 4.03. The molecule has 0 aromatic heterocycles. The maximum Gasteiger partial charge on any atom is 0.341 e. The lowest BCUT2D eigenvalue weighted by Gasteiger charge is -2.15. The van der Waals surface area contributed by atoms with Crippen LogP contribution in [0.3, 0.4) is 0 Å². The Bertz CT molecular complexity index is 899. The van der Waals surface area contributed by atoms with Gasteiger partial charge >= 0.3 is 5.97 Å². The molecule has 0 heterocycles. The molecule has 2 rings (SSSR count). The fourth-order valence-corrected chi connectivity index (χ4v) is 3.49. The molecule has 0 aliphatic carbocycles. The molecule has 0 saturated carbocycles. The molecule has 1 unspecified atom stereocenters. The van der Waals surface area contributed by atoms with E-state index in [1.807, 2.05) is 6.92 Å². The Hall–Kier alpha value is -2.46. The van der Waals surface area contributed by atoms with Crippen LogP contribution in [0.15, 0.2) is 53.4 Å². The number of ether oxygens (including phenoxy) is 2. The zero-order valence-corrected chi connectivity index (χ0v) is 17.2. The molecule has 0 aliphatic heterocycles. The molecule has 2 aromatic rings. The van der Waals surface area contributed by atoms with Gasteiger partial charge in [-0.25, -0.2) is 17.9 Å². The number of carbonyl (C=O) groups excluding carboxylic acids is 1. The number of aliphatic hydroxyl groups excluding tert-OH is 1. The highest BCUT2D eigenvalue weighted by atomic mass is 32.2. The topological polar surface area (TPSA) is 114 Å². The van der Waals surface area contributed by atoms with Gasteiger partial charge < -0.3 is 19.9 Å². The van der Waals surface area contributed by atoms with Gasteiger partial charge in [0.25, 0.3) is 0 Å². The van der Waals surface area contributed by atoms with Gasteiger partial charge in [0.05, 0.1) is 12.0 Å². The van der Waals surface area contributed by atoms with E-state index in [1.165, 1.54) is 7.11 Å². The monoisotopic (exact) mass is 422 g/mol. The van der Waals surface area contributed by atoms with Crippen LogP contribution in [0.1, 0.15) is 15.9 Å². The number of aliphatic hydroxyl groups is 1. The molecule has 9 heteroatoms. The van der Waals surface area contributed by atoms with Gasteiger partial charge in [-0.15, -0.1) is 0 Å². The molecule has 0 amide bonds. The Morgan fingerprint density at radius 3 is 2.48 bits per heavy atom. The van der Waals surface area contributed by atoms with E-state index in [-0.39, 0.29) is 30.2 Å². The zero-order chi connectivity index (χ0) is 21.3. The van der Waals surface area contributed by atoms with E-state index in [1.54, 1.807) is 48.5 Å². The van der Waals surface area contributed by atoms with E-state index in [9.17, 15) is 18.3 Å². The molecule has 158 valence electrons. The number of hydrogen-bond donors (Lipinski definition) is 3. The Morgan fingerprint density at radius 2 is 1.79 bits per heavy atom. The summed E-state index contributed by atoms with van der Waals surface area (Å²) in [7, 11) is -2.28. The summed E-state index contributed by atoms with van der Waals surface area (Å²) in [5, 5.41) is 13.0. The predicted octanol–water partition coefficient (Wildman–Crippen LogP) is 1.09. The first-order chi connectivity index (χ1) is 13.8. The molecule has 2 aromatic carbocycles. The normalized spacial score (nSPS) is 12.4. The van der Waals surface area contributed by atoms with Crippen molar-refractivity contribution in [3.8, 4) is 5.75 Å². The molecule has 29 heavy (non-hydrogen) atoms. The summed E-state index contributed by atoms with van der Waals surface area (Å²) in [6, 6.07) is 13.2. The summed E-state index contributed by atoms with van der Waals surface area (Å²) in [5.41, 5.74) is 1.26. The Kier molecular flexibility index (Phi) is 8.59. The lowest BCUT2D eigenvalue weighted by molar-refractivity contribution is 0.0589. The minimum Gasteiger partial charge on any atom is -0.490 e. The van der Waals surface area contributed by atoms with E-state index in [4.69, 9.17) is 9.47 Å². The largest absolute Gasteiger partial charge is 0.490 e. The van der Waals surface area contributed by atoms with Crippen molar-refractivity contribution in [2.45, 2.75) is 17.9 Å². The molecule has 0 aliphatic rings. The lowest BCUT2D eigenvalue weighted by Crippen LogP contribution is -2.37. The van der Waals surface area contributed by atoms with Crippen molar-refractivity contribution in [3.63, 3.8) is 0 Å². The van der Waals surface area contributed by atoms with Crippen molar-refractivity contribution in [2.75, 3.05) is 33.4 Å². The van der Waals surface area contributed by atoms with E-state index in [2.05, 4.69) is 10.0 Å². The van der Waals surface area contributed by atoms with Gasteiger partial charge in [-0.1, -0.05) is 29.8 Å². The third-order valence-corrected chi connectivity index (χ3v) is 5.51. The highest BCUT2D eigenvalue weighted by molar-refractivity contribution is 7.89. The van der Waals surface area contributed by atoms with Crippen LogP contribution in [0.5, 0.6) is 5.75 Å². The van der Waals surface area contributed by atoms with Crippen molar-refractivity contribution >= 4 is 16.0 Å². The highest BCUT2D eigenvalue weighted by Crippen LogP contribution is 2.18. The fraction of sp³-hybridized carbons (Fsp3) is 0.350. The number of carbonyl (C=O) groups is 1. The SMILES string of the molecule is COC(=O)c1ccccc1OCC(O)CNCCNS(=O)(=O)c1ccc(C)cc1. The van der Waals surface area contributed by atoms with Crippen LogP contribution in [0.25, 0.3) is 0 Å².